The first kappa shape index (κ1) is 12.1. The van der Waals surface area contributed by atoms with E-state index in [9.17, 15) is 8.78 Å². The van der Waals surface area contributed by atoms with E-state index in [0.29, 0.717) is 19.2 Å². The van der Waals surface area contributed by atoms with Gasteiger partial charge in [0.15, 0.2) is 0 Å². The lowest BCUT2D eigenvalue weighted by Crippen LogP contribution is -2.61. The molecule has 0 aromatic heterocycles. The van der Waals surface area contributed by atoms with Crippen LogP contribution in [-0.4, -0.2) is 56.3 Å². The Morgan fingerprint density at radius 1 is 1.36 bits per heavy atom. The maximum atomic E-state index is 12.3. The highest BCUT2D eigenvalue weighted by Gasteiger charge is 2.33. The van der Waals surface area contributed by atoms with Crippen LogP contribution < -0.4 is 5.32 Å². The van der Waals surface area contributed by atoms with Crippen LogP contribution in [0, 0.1) is 0 Å². The first-order valence-corrected chi connectivity index (χ1v) is 4.62. The van der Waals surface area contributed by atoms with Crippen LogP contribution in [0.5, 0.6) is 0 Å². The Balaban J connectivity index is 0.000000980. The summed E-state index contributed by atoms with van der Waals surface area (Å²) in [4.78, 5) is 2.09. The van der Waals surface area contributed by atoms with E-state index in [1.807, 2.05) is 0 Å². The van der Waals surface area contributed by atoms with Gasteiger partial charge in [-0.05, 0) is 0 Å². The van der Waals surface area contributed by atoms with Crippen LogP contribution in [-0.2, 0) is 4.74 Å². The van der Waals surface area contributed by atoms with E-state index in [1.165, 1.54) is 0 Å². The molecule has 0 aliphatic carbocycles. The molecule has 1 atom stereocenters. The van der Waals surface area contributed by atoms with Crippen molar-refractivity contribution in [2.45, 2.75) is 18.6 Å². The van der Waals surface area contributed by atoms with E-state index < -0.39 is 12.5 Å². The number of hydrogen-bond donors (Lipinski definition) is 1. The fraction of sp³-hybridized carbons (Fsp3) is 1.00. The van der Waals surface area contributed by atoms with Crippen LogP contribution >= 0.6 is 12.4 Å². The van der Waals surface area contributed by atoms with Crippen molar-refractivity contribution in [2.75, 3.05) is 32.8 Å². The van der Waals surface area contributed by atoms with E-state index in [4.69, 9.17) is 4.74 Å². The monoisotopic (exact) mass is 228 g/mol. The molecule has 14 heavy (non-hydrogen) atoms. The summed E-state index contributed by atoms with van der Waals surface area (Å²) in [6.07, 6.45) is -3.23. The molecule has 2 saturated heterocycles. The molecule has 0 aromatic carbocycles. The lowest BCUT2D eigenvalue weighted by atomic mass is 10.1. The number of rotatable bonds is 2. The van der Waals surface area contributed by atoms with Gasteiger partial charge in [-0.15, -0.1) is 12.4 Å². The van der Waals surface area contributed by atoms with Crippen molar-refractivity contribution in [1.82, 2.24) is 10.2 Å². The fourth-order valence-corrected chi connectivity index (χ4v) is 1.71. The number of ether oxygens (including phenoxy) is 1. The lowest BCUT2D eigenvalue weighted by molar-refractivity contribution is -0.113. The second-order valence-corrected chi connectivity index (χ2v) is 3.55. The van der Waals surface area contributed by atoms with Crippen LogP contribution in [0.3, 0.4) is 0 Å². The van der Waals surface area contributed by atoms with Crippen molar-refractivity contribution in [3.05, 3.63) is 0 Å². The minimum Gasteiger partial charge on any atom is -0.370 e. The van der Waals surface area contributed by atoms with Crippen molar-refractivity contribution in [1.29, 1.82) is 0 Å². The van der Waals surface area contributed by atoms with E-state index in [1.54, 1.807) is 0 Å². The average Bonchev–Trinajstić information content (AvgIpc) is 2.01. The largest absolute Gasteiger partial charge is 0.370 e. The summed E-state index contributed by atoms with van der Waals surface area (Å²) in [5.41, 5.74) is 0. The fourth-order valence-electron chi connectivity index (χ4n) is 1.71. The van der Waals surface area contributed by atoms with Gasteiger partial charge >= 0.3 is 0 Å². The van der Waals surface area contributed by atoms with Gasteiger partial charge in [0.2, 0.25) is 0 Å². The number of nitrogens with one attached hydrogen (secondary N) is 1. The summed E-state index contributed by atoms with van der Waals surface area (Å²) >= 11 is 0. The number of nitrogens with zero attached hydrogens (tertiary/aromatic N) is 1. The molecular formula is C8H15ClF2N2O. The van der Waals surface area contributed by atoms with Crippen molar-refractivity contribution in [2.24, 2.45) is 0 Å². The molecule has 0 aromatic rings. The number of hydrogen-bond acceptors (Lipinski definition) is 3. The van der Waals surface area contributed by atoms with Gasteiger partial charge in [-0.25, -0.2) is 8.78 Å². The number of halogens is 3. The molecule has 2 heterocycles. The molecular weight excluding hydrogens is 214 g/mol. The second-order valence-electron chi connectivity index (χ2n) is 3.55. The Morgan fingerprint density at radius 2 is 2.07 bits per heavy atom. The van der Waals surface area contributed by atoms with Crippen LogP contribution in [0.1, 0.15) is 0 Å². The van der Waals surface area contributed by atoms with E-state index in [-0.39, 0.29) is 12.4 Å². The van der Waals surface area contributed by atoms with Crippen molar-refractivity contribution < 1.29 is 13.5 Å². The zero-order valence-electron chi connectivity index (χ0n) is 7.79. The van der Waals surface area contributed by atoms with Crippen molar-refractivity contribution >= 4 is 12.4 Å². The highest BCUT2D eigenvalue weighted by molar-refractivity contribution is 5.85. The molecule has 2 aliphatic rings. The Morgan fingerprint density at radius 3 is 2.57 bits per heavy atom. The Hall–Kier alpha value is 0.0300. The molecule has 0 bridgehead atoms. The number of morpholine rings is 1. The molecule has 2 rings (SSSR count). The predicted molar refractivity (Wildman–Crippen MR) is 51.2 cm³/mol. The quantitative estimate of drug-likeness (QED) is 0.738. The molecule has 0 spiro atoms. The van der Waals surface area contributed by atoms with Crippen molar-refractivity contribution in [3.63, 3.8) is 0 Å². The third-order valence-electron chi connectivity index (χ3n) is 2.68. The van der Waals surface area contributed by atoms with E-state index in [0.717, 1.165) is 19.6 Å². The molecule has 1 unspecified atom stereocenters. The first-order chi connectivity index (χ1) is 6.27. The normalized spacial score (nSPS) is 29.8. The first-order valence-electron chi connectivity index (χ1n) is 4.62. The molecule has 0 radical (unpaired) electrons. The second kappa shape index (κ2) is 5.21. The van der Waals surface area contributed by atoms with Gasteiger partial charge in [-0.2, -0.15) is 0 Å². The predicted octanol–water partition coefficient (Wildman–Crippen LogP) is 0.346. The highest BCUT2D eigenvalue weighted by atomic mass is 35.5. The molecule has 84 valence electrons. The van der Waals surface area contributed by atoms with Gasteiger partial charge in [0.25, 0.3) is 6.43 Å². The highest BCUT2D eigenvalue weighted by Crippen LogP contribution is 2.16. The van der Waals surface area contributed by atoms with E-state index in [2.05, 4.69) is 10.2 Å². The van der Waals surface area contributed by atoms with Crippen LogP contribution in [0.2, 0.25) is 0 Å². The molecule has 0 amide bonds. The van der Waals surface area contributed by atoms with E-state index >= 15 is 0 Å². The summed E-state index contributed by atoms with van der Waals surface area (Å²) in [6.45, 7) is 3.46. The van der Waals surface area contributed by atoms with Gasteiger partial charge in [-0.3, -0.25) is 4.90 Å². The van der Waals surface area contributed by atoms with Crippen LogP contribution in [0.25, 0.3) is 0 Å². The molecule has 6 heteroatoms. The van der Waals surface area contributed by atoms with Gasteiger partial charge in [0.05, 0.1) is 6.61 Å². The maximum absolute atomic E-state index is 12.3. The lowest BCUT2D eigenvalue weighted by Gasteiger charge is -2.42. The van der Waals surface area contributed by atoms with Crippen LogP contribution in [0.15, 0.2) is 0 Å². The van der Waals surface area contributed by atoms with Crippen LogP contribution in [0.4, 0.5) is 8.78 Å². The zero-order chi connectivity index (χ0) is 9.26. The minimum atomic E-state index is -2.35. The average molecular weight is 229 g/mol. The Kier molecular flexibility index (Phi) is 4.50. The topological polar surface area (TPSA) is 24.5 Å². The molecule has 2 fully saturated rings. The Labute approximate surface area is 88.2 Å². The SMILES string of the molecule is Cl.FC(F)C1CN(C2CNC2)CCO1. The van der Waals surface area contributed by atoms with Gasteiger partial charge in [0, 0.05) is 32.2 Å². The van der Waals surface area contributed by atoms with Gasteiger partial charge < -0.3 is 10.1 Å². The summed E-state index contributed by atoms with van der Waals surface area (Å²) in [7, 11) is 0. The summed E-state index contributed by atoms with van der Waals surface area (Å²) in [5, 5.41) is 3.13. The molecule has 3 nitrogen and oxygen atoms in total. The zero-order valence-corrected chi connectivity index (χ0v) is 8.60. The van der Waals surface area contributed by atoms with Gasteiger partial charge in [0.1, 0.15) is 6.10 Å². The number of alkyl halides is 2. The van der Waals surface area contributed by atoms with Crippen molar-refractivity contribution in [3.8, 4) is 0 Å². The molecule has 0 saturated carbocycles. The molecule has 2 aliphatic heterocycles. The third-order valence-corrected chi connectivity index (χ3v) is 2.68. The third kappa shape index (κ3) is 2.53. The summed E-state index contributed by atoms with van der Waals surface area (Å²) in [5.74, 6) is 0. The smallest absolute Gasteiger partial charge is 0.265 e. The Bertz CT molecular complexity index is 181. The minimum absolute atomic E-state index is 0. The summed E-state index contributed by atoms with van der Waals surface area (Å²) in [6, 6.07) is 0.449. The molecule has 1 N–H and O–H groups in total. The standard InChI is InChI=1S/C8H14F2N2O.ClH/c9-8(10)7-5-12(1-2-13-7)6-3-11-4-6;/h6-8,11H,1-5H2;1H. The summed E-state index contributed by atoms with van der Waals surface area (Å²) < 4.78 is 29.6. The van der Waals surface area contributed by atoms with Gasteiger partial charge in [-0.1, -0.05) is 0 Å². The maximum Gasteiger partial charge on any atom is 0.265 e.